The highest BCUT2D eigenvalue weighted by atomic mass is 19.3. The van der Waals surface area contributed by atoms with E-state index in [1.54, 1.807) is 43.3 Å². The van der Waals surface area contributed by atoms with Gasteiger partial charge in [-0.05, 0) is 42.3 Å². The minimum absolute atomic E-state index is 0.0746. The SMILES string of the molecule is CO/N=C/c1ccc(C(=O)NC(C)c2ccc(OC(F)F)cc2)cc1. The summed E-state index contributed by atoms with van der Waals surface area (Å²) in [5.41, 5.74) is 2.08. The number of hydrogen-bond donors (Lipinski definition) is 1. The number of ether oxygens (including phenoxy) is 1. The van der Waals surface area contributed by atoms with Gasteiger partial charge in [-0.2, -0.15) is 8.78 Å². The van der Waals surface area contributed by atoms with Crippen molar-refractivity contribution in [3.05, 3.63) is 65.2 Å². The van der Waals surface area contributed by atoms with Crippen LogP contribution in [0.15, 0.2) is 53.7 Å². The number of nitrogens with zero attached hydrogens (tertiary/aromatic N) is 1. The molecule has 2 aromatic rings. The molecular formula is C18H18F2N2O3. The molecule has 0 heterocycles. The van der Waals surface area contributed by atoms with E-state index in [-0.39, 0.29) is 17.7 Å². The molecule has 2 aromatic carbocycles. The van der Waals surface area contributed by atoms with Crippen molar-refractivity contribution in [3.63, 3.8) is 0 Å². The molecule has 0 radical (unpaired) electrons. The molecule has 5 nitrogen and oxygen atoms in total. The molecule has 0 aromatic heterocycles. The van der Waals surface area contributed by atoms with Crippen molar-refractivity contribution in [1.29, 1.82) is 0 Å². The summed E-state index contributed by atoms with van der Waals surface area (Å²) in [5.74, 6) is -0.166. The van der Waals surface area contributed by atoms with Crippen LogP contribution in [0.25, 0.3) is 0 Å². The van der Waals surface area contributed by atoms with Gasteiger partial charge in [0.2, 0.25) is 0 Å². The van der Waals surface area contributed by atoms with Crippen LogP contribution in [-0.2, 0) is 4.84 Å². The normalized spacial score (nSPS) is 12.2. The lowest BCUT2D eigenvalue weighted by Crippen LogP contribution is -2.26. The molecule has 1 atom stereocenters. The van der Waals surface area contributed by atoms with Crippen LogP contribution in [0.4, 0.5) is 8.78 Å². The van der Waals surface area contributed by atoms with E-state index >= 15 is 0 Å². The van der Waals surface area contributed by atoms with Crippen molar-refractivity contribution in [2.24, 2.45) is 5.16 Å². The molecule has 0 bridgehead atoms. The third kappa shape index (κ3) is 5.56. The molecule has 0 spiro atoms. The summed E-state index contributed by atoms with van der Waals surface area (Å²) in [5, 5.41) is 6.50. The maximum absolute atomic E-state index is 12.3. The minimum atomic E-state index is -2.86. The van der Waals surface area contributed by atoms with Gasteiger partial charge in [-0.25, -0.2) is 0 Å². The fourth-order valence-corrected chi connectivity index (χ4v) is 2.14. The molecule has 132 valence electrons. The molecule has 0 saturated carbocycles. The highest BCUT2D eigenvalue weighted by Crippen LogP contribution is 2.19. The van der Waals surface area contributed by atoms with Gasteiger partial charge in [-0.1, -0.05) is 29.4 Å². The Morgan fingerprint density at radius 1 is 1.12 bits per heavy atom. The molecule has 0 aliphatic carbocycles. The van der Waals surface area contributed by atoms with Gasteiger partial charge in [0.05, 0.1) is 12.3 Å². The Kier molecular flexibility index (Phi) is 6.45. The predicted molar refractivity (Wildman–Crippen MR) is 90.0 cm³/mol. The molecule has 0 saturated heterocycles. The summed E-state index contributed by atoms with van der Waals surface area (Å²) >= 11 is 0. The lowest BCUT2D eigenvalue weighted by molar-refractivity contribution is -0.0498. The van der Waals surface area contributed by atoms with E-state index in [2.05, 4.69) is 20.0 Å². The second kappa shape index (κ2) is 8.77. The first-order chi connectivity index (χ1) is 12.0. The molecule has 1 unspecified atom stereocenters. The molecule has 1 amide bonds. The third-order valence-corrected chi connectivity index (χ3v) is 3.43. The Morgan fingerprint density at radius 3 is 2.32 bits per heavy atom. The van der Waals surface area contributed by atoms with Gasteiger partial charge in [0.25, 0.3) is 5.91 Å². The van der Waals surface area contributed by atoms with Crippen molar-refractivity contribution < 1.29 is 23.1 Å². The maximum atomic E-state index is 12.3. The van der Waals surface area contributed by atoms with Crippen molar-refractivity contribution in [1.82, 2.24) is 5.32 Å². The monoisotopic (exact) mass is 348 g/mol. The zero-order valence-corrected chi connectivity index (χ0v) is 13.8. The molecule has 0 fully saturated rings. The quantitative estimate of drug-likeness (QED) is 0.612. The topological polar surface area (TPSA) is 59.9 Å². The van der Waals surface area contributed by atoms with Gasteiger partial charge in [0.15, 0.2) is 0 Å². The number of benzene rings is 2. The molecule has 2 rings (SSSR count). The first kappa shape index (κ1) is 18.4. The lowest BCUT2D eigenvalue weighted by atomic mass is 10.1. The summed E-state index contributed by atoms with van der Waals surface area (Å²) in [6.07, 6.45) is 1.54. The number of carbonyl (C=O) groups excluding carboxylic acids is 1. The third-order valence-electron chi connectivity index (χ3n) is 3.43. The van der Waals surface area contributed by atoms with E-state index in [0.29, 0.717) is 5.56 Å². The molecule has 25 heavy (non-hydrogen) atoms. The Balaban J connectivity index is 1.98. The Labute approximate surface area is 144 Å². The Morgan fingerprint density at radius 2 is 1.76 bits per heavy atom. The number of amides is 1. The summed E-state index contributed by atoms with van der Waals surface area (Å²) in [6.45, 7) is -1.06. The van der Waals surface area contributed by atoms with Crippen LogP contribution >= 0.6 is 0 Å². The van der Waals surface area contributed by atoms with Gasteiger partial charge >= 0.3 is 6.61 Å². The zero-order chi connectivity index (χ0) is 18.2. The van der Waals surface area contributed by atoms with E-state index in [1.165, 1.54) is 25.5 Å². The molecular weight excluding hydrogens is 330 g/mol. The summed E-state index contributed by atoms with van der Waals surface area (Å²) in [4.78, 5) is 16.9. The first-order valence-corrected chi connectivity index (χ1v) is 7.52. The summed E-state index contributed by atoms with van der Waals surface area (Å²) in [7, 11) is 1.45. The number of alkyl halides is 2. The highest BCUT2D eigenvalue weighted by Gasteiger charge is 2.12. The van der Waals surface area contributed by atoms with Gasteiger partial charge in [-0.15, -0.1) is 0 Å². The van der Waals surface area contributed by atoms with Crippen LogP contribution in [0.1, 0.15) is 34.5 Å². The average Bonchev–Trinajstić information content (AvgIpc) is 2.60. The van der Waals surface area contributed by atoms with Crippen LogP contribution in [0, 0.1) is 0 Å². The number of nitrogens with one attached hydrogen (secondary N) is 1. The molecule has 0 aliphatic rings. The molecule has 1 N–H and O–H groups in total. The van der Waals surface area contributed by atoms with E-state index in [0.717, 1.165) is 11.1 Å². The van der Waals surface area contributed by atoms with E-state index in [9.17, 15) is 13.6 Å². The maximum Gasteiger partial charge on any atom is 0.387 e. The van der Waals surface area contributed by atoms with Gasteiger partial charge in [-0.3, -0.25) is 4.79 Å². The summed E-state index contributed by atoms with van der Waals surface area (Å²) in [6, 6.07) is 12.7. The molecule has 0 aliphatic heterocycles. The fraction of sp³-hybridized carbons (Fsp3) is 0.222. The highest BCUT2D eigenvalue weighted by molar-refractivity contribution is 5.95. The average molecular weight is 348 g/mol. The molecule has 7 heteroatoms. The van der Waals surface area contributed by atoms with Crippen molar-refractivity contribution in [2.75, 3.05) is 7.11 Å². The zero-order valence-electron chi connectivity index (χ0n) is 13.8. The van der Waals surface area contributed by atoms with Crippen LogP contribution < -0.4 is 10.1 Å². The number of oxime groups is 1. The second-order valence-corrected chi connectivity index (χ2v) is 5.18. The smallest absolute Gasteiger partial charge is 0.387 e. The van der Waals surface area contributed by atoms with Crippen molar-refractivity contribution in [2.45, 2.75) is 19.6 Å². The van der Waals surface area contributed by atoms with Crippen LogP contribution in [0.5, 0.6) is 5.75 Å². The number of rotatable bonds is 7. The number of carbonyl (C=O) groups is 1. The van der Waals surface area contributed by atoms with Gasteiger partial charge < -0.3 is 14.9 Å². The predicted octanol–water partition coefficient (Wildman–Crippen LogP) is 3.76. The van der Waals surface area contributed by atoms with Crippen molar-refractivity contribution >= 4 is 12.1 Å². The largest absolute Gasteiger partial charge is 0.435 e. The first-order valence-electron chi connectivity index (χ1n) is 7.52. The minimum Gasteiger partial charge on any atom is -0.435 e. The number of hydrogen-bond acceptors (Lipinski definition) is 4. The van der Waals surface area contributed by atoms with Crippen molar-refractivity contribution in [3.8, 4) is 5.75 Å². The van der Waals surface area contributed by atoms with Gasteiger partial charge in [0, 0.05) is 5.56 Å². The van der Waals surface area contributed by atoms with Gasteiger partial charge in [0.1, 0.15) is 12.9 Å². The second-order valence-electron chi connectivity index (χ2n) is 5.18. The Bertz CT molecular complexity index is 716. The fourth-order valence-electron chi connectivity index (χ4n) is 2.14. The van der Waals surface area contributed by atoms with E-state index < -0.39 is 6.61 Å². The van der Waals surface area contributed by atoms with Crippen LogP contribution in [0.3, 0.4) is 0 Å². The Hall–Kier alpha value is -2.96. The van der Waals surface area contributed by atoms with Crippen LogP contribution in [0.2, 0.25) is 0 Å². The van der Waals surface area contributed by atoms with E-state index in [1.807, 2.05) is 0 Å². The standard InChI is InChI=1S/C18H18F2N2O3/c1-12(14-7-9-16(10-8-14)25-18(19)20)22-17(23)15-5-3-13(4-6-15)11-21-24-2/h3-12,18H,1-2H3,(H,22,23)/b21-11+. The van der Waals surface area contributed by atoms with E-state index in [4.69, 9.17) is 0 Å². The lowest BCUT2D eigenvalue weighted by Gasteiger charge is -2.15. The van der Waals surface area contributed by atoms with Crippen LogP contribution in [-0.4, -0.2) is 25.8 Å². The summed E-state index contributed by atoms with van der Waals surface area (Å²) < 4.78 is 28.6. The number of halogens is 2.